The van der Waals surface area contributed by atoms with Crippen molar-refractivity contribution in [3.05, 3.63) is 93.0 Å². The van der Waals surface area contributed by atoms with Gasteiger partial charge in [-0.3, -0.25) is 34.4 Å². The first-order valence-corrected chi connectivity index (χ1v) is 14.3. The number of amides is 2. The molecule has 3 aromatic carbocycles. The van der Waals surface area contributed by atoms with Gasteiger partial charge in [-0.05, 0) is 36.4 Å². The number of nitro groups is 1. The number of nitrogens with zero attached hydrogens (tertiary/aromatic N) is 5. The van der Waals surface area contributed by atoms with Gasteiger partial charge in [-0.15, -0.1) is 11.8 Å². The standard InChI is InChI=1S/C28H23ClF3N5O4S/c29-19-4-3-5-20(15-19)36-25(38)16-42-27(36)21-6-1-2-7-22(21)35(26(27)39)17-33-10-12-34(13-11-33)23-9-8-18(28(30,31)32)14-24(23)37(40)41/h1-9,14-15H,10-13,16-17H2/t27-/m1/s1. The third kappa shape index (κ3) is 4.65. The second-order valence-corrected chi connectivity index (χ2v) is 11.7. The van der Waals surface area contributed by atoms with Gasteiger partial charge in [-0.1, -0.05) is 35.9 Å². The lowest BCUT2D eigenvalue weighted by Crippen LogP contribution is -2.54. The molecule has 0 aliphatic carbocycles. The molecule has 3 aliphatic rings. The molecule has 218 valence electrons. The van der Waals surface area contributed by atoms with Gasteiger partial charge < -0.3 is 4.90 Å². The summed E-state index contributed by atoms with van der Waals surface area (Å²) in [5.74, 6) is -0.357. The molecule has 0 unspecified atom stereocenters. The van der Waals surface area contributed by atoms with E-state index in [4.69, 9.17) is 11.6 Å². The van der Waals surface area contributed by atoms with Crippen molar-refractivity contribution in [3.63, 3.8) is 0 Å². The number of rotatable bonds is 5. The molecule has 0 N–H and O–H groups in total. The Labute approximate surface area is 247 Å². The maximum atomic E-state index is 14.3. The van der Waals surface area contributed by atoms with Gasteiger partial charge in [0.25, 0.3) is 11.6 Å². The number of alkyl halides is 3. The number of benzene rings is 3. The lowest BCUT2D eigenvalue weighted by molar-refractivity contribution is -0.384. The Kier molecular flexibility index (Phi) is 7.06. The second kappa shape index (κ2) is 10.5. The van der Waals surface area contributed by atoms with Crippen LogP contribution in [0.15, 0.2) is 66.7 Å². The second-order valence-electron chi connectivity index (χ2n) is 10.1. The monoisotopic (exact) mass is 617 g/mol. The molecule has 2 saturated heterocycles. The van der Waals surface area contributed by atoms with Crippen molar-refractivity contribution < 1.29 is 27.7 Å². The largest absolute Gasteiger partial charge is 0.416 e. The van der Waals surface area contributed by atoms with Gasteiger partial charge in [0, 0.05) is 48.5 Å². The van der Waals surface area contributed by atoms with Gasteiger partial charge in [0.05, 0.1) is 28.6 Å². The Hall–Kier alpha value is -3.81. The summed E-state index contributed by atoms with van der Waals surface area (Å²) in [7, 11) is 0. The summed E-state index contributed by atoms with van der Waals surface area (Å²) in [6.07, 6.45) is -4.69. The molecule has 0 aromatic heterocycles. The number of carbonyl (C=O) groups is 2. The summed E-state index contributed by atoms with van der Waals surface area (Å²) in [6.45, 7) is 1.63. The highest BCUT2D eigenvalue weighted by atomic mass is 35.5. The first-order valence-electron chi connectivity index (χ1n) is 13.0. The molecule has 6 rings (SSSR count). The lowest BCUT2D eigenvalue weighted by Gasteiger charge is -2.38. The van der Waals surface area contributed by atoms with Crippen LogP contribution >= 0.6 is 23.4 Å². The van der Waals surface area contributed by atoms with Gasteiger partial charge in [-0.2, -0.15) is 13.2 Å². The summed E-state index contributed by atoms with van der Waals surface area (Å²) in [5.41, 5.74) is 0.337. The normalized spacial score (nSPS) is 21.0. The van der Waals surface area contributed by atoms with E-state index in [2.05, 4.69) is 0 Å². The van der Waals surface area contributed by atoms with Crippen molar-refractivity contribution >= 4 is 57.9 Å². The molecule has 0 bridgehead atoms. The highest BCUT2D eigenvalue weighted by Crippen LogP contribution is 2.55. The summed E-state index contributed by atoms with van der Waals surface area (Å²) in [6, 6.07) is 16.7. The van der Waals surface area contributed by atoms with E-state index in [9.17, 15) is 32.9 Å². The summed E-state index contributed by atoms with van der Waals surface area (Å²) >= 11 is 7.49. The Morgan fingerprint density at radius 3 is 2.38 bits per heavy atom. The van der Waals surface area contributed by atoms with Crippen LogP contribution in [-0.4, -0.2) is 60.2 Å². The van der Waals surface area contributed by atoms with E-state index in [1.165, 1.54) is 16.7 Å². The van der Waals surface area contributed by atoms with E-state index in [0.29, 0.717) is 54.2 Å². The van der Waals surface area contributed by atoms with Crippen molar-refractivity contribution in [2.45, 2.75) is 11.0 Å². The van der Waals surface area contributed by atoms with E-state index in [0.717, 1.165) is 12.1 Å². The van der Waals surface area contributed by atoms with Crippen LogP contribution < -0.4 is 14.7 Å². The molecule has 3 aromatic rings. The Bertz CT molecular complexity index is 1600. The van der Waals surface area contributed by atoms with E-state index in [1.807, 2.05) is 29.2 Å². The topological polar surface area (TPSA) is 90.2 Å². The molecule has 1 spiro atoms. The van der Waals surface area contributed by atoms with Crippen molar-refractivity contribution in [2.24, 2.45) is 0 Å². The zero-order valence-corrected chi connectivity index (χ0v) is 23.5. The number of hydrogen-bond donors (Lipinski definition) is 0. The molecular formula is C28H23ClF3N5O4S. The third-order valence-electron chi connectivity index (χ3n) is 7.68. The lowest BCUT2D eigenvalue weighted by atomic mass is 10.0. The average Bonchev–Trinajstić information content (AvgIpc) is 3.43. The smallest absolute Gasteiger partial charge is 0.363 e. The van der Waals surface area contributed by atoms with Crippen LogP contribution in [-0.2, 0) is 20.6 Å². The molecule has 9 nitrogen and oxygen atoms in total. The maximum Gasteiger partial charge on any atom is 0.416 e. The molecule has 0 saturated carbocycles. The SMILES string of the molecule is O=C1CS[C@]2(C(=O)N(CN3CCN(c4ccc(C(F)(F)F)cc4[N+](=O)[O-])CC3)c3ccccc32)N1c1cccc(Cl)c1. The minimum atomic E-state index is -4.69. The van der Waals surface area contributed by atoms with Gasteiger partial charge in [0.2, 0.25) is 10.8 Å². The molecule has 14 heteroatoms. The van der Waals surface area contributed by atoms with Crippen LogP contribution in [0.25, 0.3) is 0 Å². The predicted octanol–water partition coefficient (Wildman–Crippen LogP) is 5.33. The quantitative estimate of drug-likeness (QED) is 0.283. The minimum absolute atomic E-state index is 0.116. The third-order valence-corrected chi connectivity index (χ3v) is 9.31. The van der Waals surface area contributed by atoms with Gasteiger partial charge in [-0.25, -0.2) is 0 Å². The maximum absolute atomic E-state index is 14.3. The van der Waals surface area contributed by atoms with Gasteiger partial charge in [0.15, 0.2) is 0 Å². The number of halogens is 4. The first-order chi connectivity index (χ1) is 20.0. The van der Waals surface area contributed by atoms with Gasteiger partial charge in [0.1, 0.15) is 5.69 Å². The zero-order chi connectivity index (χ0) is 29.8. The summed E-state index contributed by atoms with van der Waals surface area (Å²) in [4.78, 5) is 43.8. The minimum Gasteiger partial charge on any atom is -0.363 e. The van der Waals surface area contributed by atoms with Crippen molar-refractivity contribution in [1.82, 2.24) is 4.90 Å². The fourth-order valence-corrected chi connectivity index (χ4v) is 7.30. The highest BCUT2D eigenvalue weighted by molar-refractivity contribution is 8.02. The van der Waals surface area contributed by atoms with E-state index in [-0.39, 0.29) is 29.9 Å². The summed E-state index contributed by atoms with van der Waals surface area (Å²) in [5, 5.41) is 12.0. The van der Waals surface area contributed by atoms with Crippen LogP contribution in [0.5, 0.6) is 0 Å². The van der Waals surface area contributed by atoms with Crippen LogP contribution in [0, 0.1) is 10.1 Å². The van der Waals surface area contributed by atoms with E-state index in [1.54, 1.807) is 34.1 Å². The Morgan fingerprint density at radius 1 is 0.952 bits per heavy atom. The fourth-order valence-electron chi connectivity index (χ4n) is 5.75. The molecule has 0 radical (unpaired) electrons. The molecule has 3 aliphatic heterocycles. The first kappa shape index (κ1) is 28.3. The van der Waals surface area contributed by atoms with Crippen LogP contribution in [0.3, 0.4) is 0 Å². The van der Waals surface area contributed by atoms with E-state index >= 15 is 0 Å². The number of thioether (sulfide) groups is 1. The zero-order valence-electron chi connectivity index (χ0n) is 21.9. The molecule has 1 atom stereocenters. The number of para-hydroxylation sites is 1. The van der Waals surface area contributed by atoms with Crippen LogP contribution in [0.2, 0.25) is 5.02 Å². The number of piperazine rings is 1. The number of carbonyl (C=O) groups excluding carboxylic acids is 2. The Morgan fingerprint density at radius 2 is 1.69 bits per heavy atom. The molecule has 2 amide bonds. The van der Waals surface area contributed by atoms with Gasteiger partial charge >= 0.3 is 6.18 Å². The number of fused-ring (bicyclic) bond motifs is 2. The van der Waals surface area contributed by atoms with Crippen molar-refractivity contribution in [1.29, 1.82) is 0 Å². The van der Waals surface area contributed by atoms with Crippen molar-refractivity contribution in [3.8, 4) is 0 Å². The van der Waals surface area contributed by atoms with Crippen LogP contribution in [0.4, 0.5) is 35.9 Å². The predicted molar refractivity (Wildman–Crippen MR) is 154 cm³/mol. The highest BCUT2D eigenvalue weighted by Gasteiger charge is 2.61. The fraction of sp³-hybridized carbons (Fsp3) is 0.286. The number of nitro benzene ring substituents is 1. The molecule has 42 heavy (non-hydrogen) atoms. The molecule has 2 fully saturated rings. The Balaban J connectivity index is 1.24. The number of anilines is 3. The van der Waals surface area contributed by atoms with E-state index < -0.39 is 27.2 Å². The van der Waals surface area contributed by atoms with Crippen LogP contribution in [0.1, 0.15) is 11.1 Å². The number of hydrogen-bond acceptors (Lipinski definition) is 7. The molecule has 3 heterocycles. The average molecular weight is 618 g/mol. The molecular weight excluding hydrogens is 595 g/mol. The summed E-state index contributed by atoms with van der Waals surface area (Å²) < 4.78 is 39.5. The van der Waals surface area contributed by atoms with Crippen molar-refractivity contribution in [2.75, 3.05) is 53.3 Å².